The summed E-state index contributed by atoms with van der Waals surface area (Å²) < 4.78 is 4.89. The standard InChI is InChI=1S/C14H14ClN3O4/c1-7-5-8(15)6-9-10(7)16-11(19)14(9)12(20)18(3-4-22-2)13(21)17-14/h5-6H,3-4H2,1-2H3,(H,16,19)(H,17,21). The van der Waals surface area contributed by atoms with Crippen molar-refractivity contribution in [1.82, 2.24) is 10.2 Å². The van der Waals surface area contributed by atoms with Gasteiger partial charge in [-0.1, -0.05) is 11.6 Å². The molecule has 1 saturated heterocycles. The van der Waals surface area contributed by atoms with E-state index in [-0.39, 0.29) is 13.2 Å². The van der Waals surface area contributed by atoms with Gasteiger partial charge in [0.05, 0.1) is 18.8 Å². The number of hydrogen-bond acceptors (Lipinski definition) is 4. The van der Waals surface area contributed by atoms with Crippen LogP contribution in [0, 0.1) is 6.92 Å². The van der Waals surface area contributed by atoms with Crippen LogP contribution in [0.2, 0.25) is 5.02 Å². The van der Waals surface area contributed by atoms with E-state index < -0.39 is 23.4 Å². The summed E-state index contributed by atoms with van der Waals surface area (Å²) in [6.45, 7) is 2.04. The molecule has 22 heavy (non-hydrogen) atoms. The predicted octanol–water partition coefficient (Wildman–Crippen LogP) is 0.994. The van der Waals surface area contributed by atoms with Gasteiger partial charge in [-0.15, -0.1) is 0 Å². The Bertz CT molecular complexity index is 706. The van der Waals surface area contributed by atoms with Gasteiger partial charge in [-0.25, -0.2) is 4.79 Å². The third-order valence-corrected chi connectivity index (χ3v) is 4.13. The van der Waals surface area contributed by atoms with E-state index in [0.717, 1.165) is 10.5 Å². The largest absolute Gasteiger partial charge is 0.383 e. The Hall–Kier alpha value is -2.12. The molecule has 7 nitrogen and oxygen atoms in total. The molecule has 0 aromatic heterocycles. The van der Waals surface area contributed by atoms with E-state index >= 15 is 0 Å². The van der Waals surface area contributed by atoms with E-state index in [1.165, 1.54) is 13.2 Å². The van der Waals surface area contributed by atoms with Crippen LogP contribution in [0.15, 0.2) is 12.1 Å². The van der Waals surface area contributed by atoms with Crippen LogP contribution in [0.4, 0.5) is 10.5 Å². The zero-order valence-corrected chi connectivity index (χ0v) is 12.8. The maximum absolute atomic E-state index is 12.7. The van der Waals surface area contributed by atoms with Gasteiger partial charge >= 0.3 is 6.03 Å². The molecule has 1 aromatic rings. The highest BCUT2D eigenvalue weighted by Gasteiger charge is 2.61. The van der Waals surface area contributed by atoms with Gasteiger partial charge in [0, 0.05) is 17.7 Å². The van der Waals surface area contributed by atoms with Gasteiger partial charge < -0.3 is 15.4 Å². The molecule has 8 heteroatoms. The quantitative estimate of drug-likeness (QED) is 0.641. The lowest BCUT2D eigenvalue weighted by Gasteiger charge is -2.19. The molecule has 1 unspecified atom stereocenters. The van der Waals surface area contributed by atoms with Gasteiger partial charge in [0.25, 0.3) is 11.8 Å². The fraction of sp³-hybridized carbons (Fsp3) is 0.357. The number of ether oxygens (including phenoxy) is 1. The van der Waals surface area contributed by atoms with Crippen molar-refractivity contribution in [3.63, 3.8) is 0 Å². The fourth-order valence-electron chi connectivity index (χ4n) is 2.83. The highest BCUT2D eigenvalue weighted by molar-refractivity contribution is 6.32. The number of aryl methyl sites for hydroxylation is 1. The highest BCUT2D eigenvalue weighted by Crippen LogP contribution is 2.43. The number of anilines is 1. The number of urea groups is 1. The number of amides is 4. The van der Waals surface area contributed by atoms with E-state index in [9.17, 15) is 14.4 Å². The first-order chi connectivity index (χ1) is 10.4. The molecule has 0 saturated carbocycles. The van der Waals surface area contributed by atoms with Crippen LogP contribution in [-0.4, -0.2) is 43.0 Å². The molecule has 1 fully saturated rings. The first-order valence-electron chi connectivity index (χ1n) is 6.67. The maximum atomic E-state index is 12.7. The van der Waals surface area contributed by atoms with Gasteiger partial charge in [0.1, 0.15) is 0 Å². The van der Waals surface area contributed by atoms with Crippen molar-refractivity contribution in [2.24, 2.45) is 0 Å². The molecule has 2 aliphatic rings. The van der Waals surface area contributed by atoms with E-state index in [1.54, 1.807) is 13.0 Å². The second-order valence-electron chi connectivity index (χ2n) is 5.23. The van der Waals surface area contributed by atoms with Crippen LogP contribution in [0.25, 0.3) is 0 Å². The summed E-state index contributed by atoms with van der Waals surface area (Å²) in [5, 5.41) is 5.56. The number of hydrogen-bond donors (Lipinski definition) is 2. The van der Waals surface area contributed by atoms with Gasteiger partial charge in [-0.05, 0) is 24.6 Å². The van der Waals surface area contributed by atoms with E-state index in [1.807, 2.05) is 0 Å². The topological polar surface area (TPSA) is 87.7 Å². The van der Waals surface area contributed by atoms with E-state index in [0.29, 0.717) is 16.3 Å². The summed E-state index contributed by atoms with van der Waals surface area (Å²) in [4.78, 5) is 38.3. The van der Waals surface area contributed by atoms with E-state index in [4.69, 9.17) is 16.3 Å². The summed E-state index contributed by atoms with van der Waals surface area (Å²) >= 11 is 6.05. The van der Waals surface area contributed by atoms with Gasteiger partial charge in [-0.2, -0.15) is 0 Å². The number of nitrogens with one attached hydrogen (secondary N) is 2. The lowest BCUT2D eigenvalue weighted by atomic mass is 9.90. The summed E-state index contributed by atoms with van der Waals surface area (Å²) in [5.41, 5.74) is -0.127. The minimum Gasteiger partial charge on any atom is -0.383 e. The van der Waals surface area contributed by atoms with Crippen molar-refractivity contribution in [1.29, 1.82) is 0 Å². The third-order valence-electron chi connectivity index (χ3n) is 3.91. The molecular formula is C14H14ClN3O4. The first kappa shape index (κ1) is 14.8. The number of rotatable bonds is 3. The van der Waals surface area contributed by atoms with Gasteiger partial charge in [-0.3, -0.25) is 14.5 Å². The third kappa shape index (κ3) is 1.82. The second kappa shape index (κ2) is 4.96. The number of benzene rings is 1. The maximum Gasteiger partial charge on any atom is 0.325 e. The average molecular weight is 324 g/mol. The van der Waals surface area contributed by atoms with Crippen LogP contribution in [0.3, 0.4) is 0 Å². The predicted molar refractivity (Wildman–Crippen MR) is 78.6 cm³/mol. The molecule has 2 heterocycles. The molecule has 0 radical (unpaired) electrons. The number of imide groups is 1. The van der Waals surface area contributed by atoms with Crippen LogP contribution in [0.5, 0.6) is 0 Å². The Kier molecular flexibility index (Phi) is 3.34. The summed E-state index contributed by atoms with van der Waals surface area (Å²) in [6.07, 6.45) is 0. The van der Waals surface area contributed by atoms with Crippen molar-refractivity contribution in [2.45, 2.75) is 12.5 Å². The molecule has 0 bridgehead atoms. The molecular weight excluding hydrogens is 310 g/mol. The number of carbonyl (C=O) groups excluding carboxylic acids is 3. The molecule has 116 valence electrons. The number of nitrogens with zero attached hydrogens (tertiary/aromatic N) is 1. The molecule has 1 aromatic carbocycles. The zero-order chi connectivity index (χ0) is 16.1. The molecule has 4 amide bonds. The van der Waals surface area contributed by atoms with Crippen LogP contribution < -0.4 is 10.6 Å². The van der Waals surface area contributed by atoms with Gasteiger partial charge in [0.2, 0.25) is 5.54 Å². The molecule has 2 aliphatic heterocycles. The van der Waals surface area contributed by atoms with Crippen molar-refractivity contribution in [3.05, 3.63) is 28.3 Å². The second-order valence-corrected chi connectivity index (χ2v) is 5.67. The fourth-order valence-corrected chi connectivity index (χ4v) is 3.11. The van der Waals surface area contributed by atoms with E-state index in [2.05, 4.69) is 10.6 Å². The highest BCUT2D eigenvalue weighted by atomic mass is 35.5. The first-order valence-corrected chi connectivity index (χ1v) is 7.04. The number of carbonyl (C=O) groups is 3. The SMILES string of the molecule is COCCN1C(=O)NC2(C(=O)Nc3c(C)cc(Cl)cc32)C1=O. The minimum atomic E-state index is -1.74. The summed E-state index contributed by atoms with van der Waals surface area (Å²) in [7, 11) is 1.47. The monoisotopic (exact) mass is 323 g/mol. The molecule has 1 atom stereocenters. The van der Waals surface area contributed by atoms with Crippen molar-refractivity contribution < 1.29 is 19.1 Å². The lowest BCUT2D eigenvalue weighted by molar-refractivity contribution is -0.137. The van der Waals surface area contributed by atoms with Crippen molar-refractivity contribution >= 4 is 35.1 Å². The smallest absolute Gasteiger partial charge is 0.325 e. The van der Waals surface area contributed by atoms with Crippen LogP contribution in [-0.2, 0) is 19.9 Å². The normalized spacial score (nSPS) is 23.0. The Morgan fingerprint density at radius 1 is 1.32 bits per heavy atom. The van der Waals surface area contributed by atoms with Crippen LogP contribution >= 0.6 is 11.6 Å². The average Bonchev–Trinajstić information content (AvgIpc) is 2.87. The number of halogens is 1. The Labute approximate surface area is 131 Å². The summed E-state index contributed by atoms with van der Waals surface area (Å²) in [5.74, 6) is -1.20. The molecule has 2 N–H and O–H groups in total. The summed E-state index contributed by atoms with van der Waals surface area (Å²) in [6, 6.07) is 2.59. The Morgan fingerprint density at radius 2 is 2.05 bits per heavy atom. The number of fused-ring (bicyclic) bond motifs is 2. The van der Waals surface area contributed by atoms with Crippen molar-refractivity contribution in [2.75, 3.05) is 25.6 Å². The number of methoxy groups -OCH3 is 1. The lowest BCUT2D eigenvalue weighted by Crippen LogP contribution is -2.49. The Morgan fingerprint density at radius 3 is 2.73 bits per heavy atom. The van der Waals surface area contributed by atoms with Crippen molar-refractivity contribution in [3.8, 4) is 0 Å². The molecule has 3 rings (SSSR count). The van der Waals surface area contributed by atoms with Gasteiger partial charge in [0.15, 0.2) is 0 Å². The van der Waals surface area contributed by atoms with Crippen LogP contribution in [0.1, 0.15) is 11.1 Å². The molecule has 0 aliphatic carbocycles. The zero-order valence-electron chi connectivity index (χ0n) is 12.0. The Balaban J connectivity index is 2.11. The minimum absolute atomic E-state index is 0.0745. The molecule has 1 spiro atoms.